The van der Waals surface area contributed by atoms with Gasteiger partial charge in [0, 0.05) is 23.6 Å². The summed E-state index contributed by atoms with van der Waals surface area (Å²) in [5.74, 6) is -1.55. The molecular formula is C21H18ClNO7. The third-order valence-corrected chi connectivity index (χ3v) is 5.46. The second-order valence-electron chi connectivity index (χ2n) is 6.91. The van der Waals surface area contributed by atoms with Crippen LogP contribution < -0.4 is 4.74 Å². The molecule has 2 aliphatic heterocycles. The number of allylic oxidation sites excluding steroid dienone is 1. The molecule has 0 radical (unpaired) electrons. The lowest BCUT2D eigenvalue weighted by atomic mass is 9.75. The van der Waals surface area contributed by atoms with Crippen LogP contribution in [0.15, 0.2) is 54.3 Å². The van der Waals surface area contributed by atoms with Crippen LogP contribution >= 0.6 is 11.6 Å². The Bertz CT molecular complexity index is 1040. The average molecular weight is 432 g/mol. The molecule has 8 nitrogen and oxygen atoms in total. The highest BCUT2D eigenvalue weighted by atomic mass is 35.5. The van der Waals surface area contributed by atoms with Crippen LogP contribution in [-0.4, -0.2) is 28.9 Å². The number of hydrogen-bond acceptors (Lipinski definition) is 7. The van der Waals surface area contributed by atoms with Gasteiger partial charge in [-0.3, -0.25) is 10.1 Å². The number of esters is 1. The SMILES string of the molecule is CCOC(=O)C1=C[C@@H]2c3cccc(Cl)c3O[C@H](c3cccc([N+](=O)[O-])c3)[C@H]2[C@@H](O)O1. The summed E-state index contributed by atoms with van der Waals surface area (Å²) >= 11 is 6.35. The largest absolute Gasteiger partial charge is 0.483 e. The van der Waals surface area contributed by atoms with Crippen LogP contribution in [0.2, 0.25) is 5.02 Å². The van der Waals surface area contributed by atoms with Gasteiger partial charge in [0.2, 0.25) is 12.0 Å². The number of nitrogens with zero attached hydrogens (tertiary/aromatic N) is 1. The van der Waals surface area contributed by atoms with Gasteiger partial charge < -0.3 is 19.3 Å². The molecule has 0 bridgehead atoms. The Morgan fingerprint density at radius 3 is 2.77 bits per heavy atom. The molecule has 0 spiro atoms. The maximum absolute atomic E-state index is 12.2. The molecule has 2 aliphatic rings. The van der Waals surface area contributed by atoms with Gasteiger partial charge >= 0.3 is 5.97 Å². The number of benzene rings is 2. The van der Waals surface area contributed by atoms with E-state index in [4.69, 9.17) is 25.8 Å². The highest BCUT2D eigenvalue weighted by molar-refractivity contribution is 6.32. The molecule has 0 aromatic heterocycles. The lowest BCUT2D eigenvalue weighted by Gasteiger charge is -2.43. The Kier molecular flexibility index (Phi) is 5.36. The molecule has 0 aliphatic carbocycles. The Hall–Kier alpha value is -3.10. The van der Waals surface area contributed by atoms with Crippen molar-refractivity contribution in [3.05, 3.63) is 80.6 Å². The van der Waals surface area contributed by atoms with Gasteiger partial charge in [0.05, 0.1) is 22.5 Å². The minimum absolute atomic E-state index is 0.101. The molecule has 2 heterocycles. The van der Waals surface area contributed by atoms with Gasteiger partial charge in [-0.25, -0.2) is 4.79 Å². The van der Waals surface area contributed by atoms with Gasteiger partial charge in [-0.2, -0.15) is 0 Å². The molecule has 4 rings (SSSR count). The van der Waals surface area contributed by atoms with Gasteiger partial charge in [0.1, 0.15) is 11.9 Å². The number of para-hydroxylation sites is 1. The van der Waals surface area contributed by atoms with E-state index in [1.165, 1.54) is 12.1 Å². The monoisotopic (exact) mass is 431 g/mol. The van der Waals surface area contributed by atoms with Crippen LogP contribution in [0.5, 0.6) is 5.75 Å². The summed E-state index contributed by atoms with van der Waals surface area (Å²) < 4.78 is 16.6. The topological polar surface area (TPSA) is 108 Å². The first-order valence-corrected chi connectivity index (χ1v) is 9.71. The predicted octanol–water partition coefficient (Wildman–Crippen LogP) is 3.88. The summed E-state index contributed by atoms with van der Waals surface area (Å²) in [6.45, 7) is 1.83. The number of non-ortho nitro benzene ring substituents is 1. The molecule has 2 aromatic rings. The fraction of sp³-hybridized carbons (Fsp3) is 0.286. The molecule has 156 valence electrons. The van der Waals surface area contributed by atoms with Crippen LogP contribution in [-0.2, 0) is 14.3 Å². The molecule has 0 unspecified atom stereocenters. The van der Waals surface area contributed by atoms with Crippen LogP contribution in [0, 0.1) is 16.0 Å². The zero-order chi connectivity index (χ0) is 21.4. The second-order valence-corrected chi connectivity index (χ2v) is 7.32. The van der Waals surface area contributed by atoms with Gasteiger partial charge in [-0.15, -0.1) is 0 Å². The third-order valence-electron chi connectivity index (χ3n) is 5.16. The molecule has 0 saturated heterocycles. The molecule has 1 N–H and O–H groups in total. The lowest BCUT2D eigenvalue weighted by Crippen LogP contribution is -2.42. The summed E-state index contributed by atoms with van der Waals surface area (Å²) in [7, 11) is 0. The quantitative estimate of drug-likeness (QED) is 0.444. The van der Waals surface area contributed by atoms with E-state index in [-0.39, 0.29) is 18.1 Å². The molecule has 0 amide bonds. The van der Waals surface area contributed by atoms with E-state index in [1.807, 2.05) is 0 Å². The average Bonchev–Trinajstić information content (AvgIpc) is 2.73. The van der Waals surface area contributed by atoms with Gasteiger partial charge in [-0.05, 0) is 24.6 Å². The Morgan fingerprint density at radius 2 is 2.03 bits per heavy atom. The second kappa shape index (κ2) is 7.97. The van der Waals surface area contributed by atoms with Crippen LogP contribution in [0.4, 0.5) is 5.69 Å². The van der Waals surface area contributed by atoms with Crippen LogP contribution in [0.25, 0.3) is 0 Å². The Balaban J connectivity index is 1.84. The number of aliphatic hydroxyl groups excluding tert-OH is 1. The Labute approximate surface area is 176 Å². The highest BCUT2D eigenvalue weighted by Crippen LogP contribution is 2.53. The number of rotatable bonds is 4. The number of hydrogen-bond donors (Lipinski definition) is 1. The first-order valence-electron chi connectivity index (χ1n) is 9.33. The summed E-state index contributed by atoms with van der Waals surface area (Å²) in [5.41, 5.74) is 1.06. The zero-order valence-electron chi connectivity index (χ0n) is 15.9. The molecule has 4 atom stereocenters. The maximum Gasteiger partial charge on any atom is 0.373 e. The minimum Gasteiger partial charge on any atom is -0.483 e. The fourth-order valence-electron chi connectivity index (χ4n) is 3.88. The van der Waals surface area contributed by atoms with Crippen molar-refractivity contribution in [3.8, 4) is 5.75 Å². The summed E-state index contributed by atoms with van der Waals surface area (Å²) in [6, 6.07) is 11.2. The van der Waals surface area contributed by atoms with Crippen molar-refractivity contribution in [2.45, 2.75) is 25.2 Å². The molecule has 0 fully saturated rings. The number of nitro groups is 1. The standard InChI is InChI=1S/C21H18ClNO7/c1-2-28-20(24)16-10-14-13-7-4-8-15(22)19(13)30-18(17(14)21(25)29-16)11-5-3-6-12(9-11)23(26)27/h3-10,14,17-18,21,25H,2H2,1H3/t14-,17+,18-,21+/m1/s1. The van der Waals surface area contributed by atoms with Crippen molar-refractivity contribution in [3.63, 3.8) is 0 Å². The molecule has 30 heavy (non-hydrogen) atoms. The van der Waals surface area contributed by atoms with Crippen molar-refractivity contribution < 1.29 is 29.0 Å². The number of carbonyl (C=O) groups excluding carboxylic acids is 1. The first-order chi connectivity index (χ1) is 14.4. The van der Waals surface area contributed by atoms with E-state index in [0.29, 0.717) is 21.9 Å². The van der Waals surface area contributed by atoms with Gasteiger partial charge in [-0.1, -0.05) is 35.9 Å². The van der Waals surface area contributed by atoms with E-state index in [1.54, 1.807) is 43.3 Å². The van der Waals surface area contributed by atoms with Crippen molar-refractivity contribution in [1.82, 2.24) is 0 Å². The number of nitro benzene ring substituents is 1. The normalized spacial score (nSPS) is 24.4. The van der Waals surface area contributed by atoms with E-state index in [2.05, 4.69) is 0 Å². The van der Waals surface area contributed by atoms with Crippen LogP contribution in [0.3, 0.4) is 0 Å². The van der Waals surface area contributed by atoms with Gasteiger partial charge in [0.15, 0.2) is 0 Å². The number of carbonyl (C=O) groups is 1. The summed E-state index contributed by atoms with van der Waals surface area (Å²) in [6.07, 6.45) is -0.620. The number of fused-ring (bicyclic) bond motifs is 3. The predicted molar refractivity (Wildman–Crippen MR) is 106 cm³/mol. The van der Waals surface area contributed by atoms with Gasteiger partial charge in [0.25, 0.3) is 5.69 Å². The number of aliphatic hydroxyl groups is 1. The fourth-order valence-corrected chi connectivity index (χ4v) is 4.10. The number of ether oxygens (including phenoxy) is 3. The summed E-state index contributed by atoms with van der Waals surface area (Å²) in [4.78, 5) is 22.9. The molecule has 2 aromatic carbocycles. The van der Waals surface area contributed by atoms with Crippen molar-refractivity contribution in [2.24, 2.45) is 5.92 Å². The third kappa shape index (κ3) is 3.48. The highest BCUT2D eigenvalue weighted by Gasteiger charge is 2.48. The molecule has 0 saturated carbocycles. The maximum atomic E-state index is 12.2. The van der Waals surface area contributed by atoms with Crippen molar-refractivity contribution in [1.29, 1.82) is 0 Å². The van der Waals surface area contributed by atoms with Crippen molar-refractivity contribution in [2.75, 3.05) is 6.61 Å². The van der Waals surface area contributed by atoms with E-state index >= 15 is 0 Å². The Morgan fingerprint density at radius 1 is 1.27 bits per heavy atom. The van der Waals surface area contributed by atoms with E-state index in [9.17, 15) is 20.0 Å². The lowest BCUT2D eigenvalue weighted by molar-refractivity contribution is -0.385. The molecular weight excluding hydrogens is 414 g/mol. The molecule has 9 heteroatoms. The summed E-state index contributed by atoms with van der Waals surface area (Å²) in [5, 5.41) is 22.4. The van der Waals surface area contributed by atoms with E-state index < -0.39 is 35.1 Å². The van der Waals surface area contributed by atoms with Crippen molar-refractivity contribution >= 4 is 23.3 Å². The first kappa shape index (κ1) is 20.2. The van der Waals surface area contributed by atoms with Crippen LogP contribution in [0.1, 0.15) is 30.1 Å². The van der Waals surface area contributed by atoms with E-state index in [0.717, 1.165) is 0 Å². The number of halogens is 1. The smallest absolute Gasteiger partial charge is 0.373 e. The minimum atomic E-state index is -1.41. The zero-order valence-corrected chi connectivity index (χ0v) is 16.6.